The summed E-state index contributed by atoms with van der Waals surface area (Å²) in [6.07, 6.45) is -3.51. The average molecular weight is 328 g/mol. The van der Waals surface area contributed by atoms with Crippen molar-refractivity contribution < 1.29 is 22.8 Å². The minimum Gasteiger partial charge on any atom is -0.331 e. The quantitative estimate of drug-likeness (QED) is 0.833. The van der Waals surface area contributed by atoms with Crippen LogP contribution in [0.2, 0.25) is 0 Å². The highest BCUT2D eigenvalue weighted by atomic mass is 19.4. The zero-order valence-corrected chi connectivity index (χ0v) is 12.8. The summed E-state index contributed by atoms with van der Waals surface area (Å²) in [5.74, 6) is -0.870. The molecule has 1 aliphatic heterocycles. The van der Waals surface area contributed by atoms with E-state index in [0.29, 0.717) is 18.4 Å². The molecule has 0 radical (unpaired) electrons. The van der Waals surface area contributed by atoms with Gasteiger partial charge in [0.25, 0.3) is 0 Å². The minimum absolute atomic E-state index is 0.115. The molecule has 1 aromatic carbocycles. The van der Waals surface area contributed by atoms with Gasteiger partial charge >= 0.3 is 6.18 Å². The van der Waals surface area contributed by atoms with Crippen LogP contribution in [-0.4, -0.2) is 46.9 Å². The number of likely N-dealkylation sites (tertiary alicyclic amines) is 1. The van der Waals surface area contributed by atoms with Gasteiger partial charge in [0.2, 0.25) is 11.8 Å². The first kappa shape index (κ1) is 17.3. The molecule has 0 spiro atoms. The Hall–Kier alpha value is -2.05. The zero-order valence-electron chi connectivity index (χ0n) is 12.8. The first-order valence-corrected chi connectivity index (χ1v) is 7.44. The van der Waals surface area contributed by atoms with Gasteiger partial charge in [0.15, 0.2) is 0 Å². The lowest BCUT2D eigenvalue weighted by atomic mass is 10.2. The molecule has 4 nitrogen and oxygen atoms in total. The van der Waals surface area contributed by atoms with E-state index in [0.717, 1.165) is 4.90 Å². The van der Waals surface area contributed by atoms with Crippen LogP contribution in [0.1, 0.15) is 25.3 Å². The molecular weight excluding hydrogens is 309 g/mol. The van der Waals surface area contributed by atoms with Crippen LogP contribution in [0.4, 0.5) is 13.2 Å². The fourth-order valence-corrected chi connectivity index (χ4v) is 2.62. The number of hydrogen-bond acceptors (Lipinski definition) is 2. The van der Waals surface area contributed by atoms with E-state index in [1.54, 1.807) is 37.3 Å². The number of alkyl halides is 3. The lowest BCUT2D eigenvalue weighted by molar-refractivity contribution is -0.163. The summed E-state index contributed by atoms with van der Waals surface area (Å²) >= 11 is 0. The second kappa shape index (κ2) is 7.02. The largest absolute Gasteiger partial charge is 0.406 e. The molecular formula is C16H19F3N2O2. The molecule has 1 aromatic rings. The Morgan fingerprint density at radius 2 is 1.96 bits per heavy atom. The van der Waals surface area contributed by atoms with E-state index in [1.165, 1.54) is 4.90 Å². The average Bonchev–Trinajstić information content (AvgIpc) is 2.78. The van der Waals surface area contributed by atoms with Crippen molar-refractivity contribution in [1.82, 2.24) is 9.80 Å². The lowest BCUT2D eigenvalue weighted by Gasteiger charge is -2.28. The molecule has 1 aliphatic rings. The maximum atomic E-state index is 12.8. The first-order chi connectivity index (χ1) is 10.8. The normalized spacial score (nSPS) is 18.3. The van der Waals surface area contributed by atoms with Crippen LogP contribution in [0.25, 0.3) is 0 Å². The van der Waals surface area contributed by atoms with Gasteiger partial charge in [-0.15, -0.1) is 0 Å². The highest BCUT2D eigenvalue weighted by molar-refractivity contribution is 5.86. The van der Waals surface area contributed by atoms with Gasteiger partial charge in [-0.1, -0.05) is 30.3 Å². The van der Waals surface area contributed by atoms with Crippen molar-refractivity contribution in [3.8, 4) is 0 Å². The highest BCUT2D eigenvalue weighted by Gasteiger charge is 2.35. The fraction of sp³-hybridized carbons (Fsp3) is 0.500. The van der Waals surface area contributed by atoms with Crippen molar-refractivity contribution >= 4 is 11.8 Å². The predicted octanol–water partition coefficient (Wildman–Crippen LogP) is 2.59. The summed E-state index contributed by atoms with van der Waals surface area (Å²) in [6.45, 7) is 0.0408. The molecule has 1 atom stereocenters. The second-order valence-corrected chi connectivity index (χ2v) is 5.76. The van der Waals surface area contributed by atoms with E-state index < -0.39 is 18.6 Å². The molecule has 0 N–H and O–H groups in total. The Morgan fingerprint density at radius 3 is 2.48 bits per heavy atom. The van der Waals surface area contributed by atoms with Crippen LogP contribution in [-0.2, 0) is 16.1 Å². The van der Waals surface area contributed by atoms with Crippen molar-refractivity contribution in [2.45, 2.75) is 38.5 Å². The summed E-state index contributed by atoms with van der Waals surface area (Å²) in [5.41, 5.74) is 0.617. The van der Waals surface area contributed by atoms with Crippen molar-refractivity contribution in [3.05, 3.63) is 35.9 Å². The topological polar surface area (TPSA) is 40.6 Å². The van der Waals surface area contributed by atoms with E-state index in [4.69, 9.17) is 0 Å². The summed E-state index contributed by atoms with van der Waals surface area (Å²) in [7, 11) is 0. The summed E-state index contributed by atoms with van der Waals surface area (Å²) in [6, 6.07) is 8.38. The Morgan fingerprint density at radius 1 is 1.30 bits per heavy atom. The third kappa shape index (κ3) is 4.97. The van der Waals surface area contributed by atoms with Crippen LogP contribution in [0.15, 0.2) is 30.3 Å². The predicted molar refractivity (Wildman–Crippen MR) is 78.3 cm³/mol. The molecule has 1 fully saturated rings. The molecule has 0 aliphatic carbocycles. The van der Waals surface area contributed by atoms with Crippen molar-refractivity contribution in [2.24, 2.45) is 0 Å². The maximum absolute atomic E-state index is 12.8. The van der Waals surface area contributed by atoms with Gasteiger partial charge in [-0.2, -0.15) is 13.2 Å². The molecule has 0 saturated carbocycles. The molecule has 0 unspecified atom stereocenters. The van der Waals surface area contributed by atoms with E-state index in [1.807, 2.05) is 0 Å². The number of rotatable bonds is 5. The van der Waals surface area contributed by atoms with Gasteiger partial charge in [0, 0.05) is 19.0 Å². The third-order valence-electron chi connectivity index (χ3n) is 3.87. The smallest absolute Gasteiger partial charge is 0.331 e. The molecule has 126 valence electrons. The number of benzene rings is 1. The monoisotopic (exact) mass is 328 g/mol. The SMILES string of the molecule is C[C@H]1CCC(=O)N1CC(=O)N(Cc1ccccc1)CC(F)(F)F. The van der Waals surface area contributed by atoms with Crippen molar-refractivity contribution in [1.29, 1.82) is 0 Å². The van der Waals surface area contributed by atoms with Crippen molar-refractivity contribution in [2.75, 3.05) is 13.1 Å². The Balaban J connectivity index is 2.09. The van der Waals surface area contributed by atoms with Gasteiger partial charge < -0.3 is 9.80 Å². The van der Waals surface area contributed by atoms with E-state index in [-0.39, 0.29) is 25.0 Å². The summed E-state index contributed by atoms with van der Waals surface area (Å²) in [5, 5.41) is 0. The number of hydrogen-bond donors (Lipinski definition) is 0. The molecule has 2 amide bonds. The molecule has 2 rings (SSSR count). The molecule has 1 heterocycles. The van der Waals surface area contributed by atoms with Crippen LogP contribution in [0, 0.1) is 0 Å². The zero-order chi connectivity index (χ0) is 17.0. The lowest BCUT2D eigenvalue weighted by Crippen LogP contribution is -2.45. The third-order valence-corrected chi connectivity index (χ3v) is 3.87. The fourth-order valence-electron chi connectivity index (χ4n) is 2.62. The molecule has 23 heavy (non-hydrogen) atoms. The van der Waals surface area contributed by atoms with Gasteiger partial charge in [-0.25, -0.2) is 0 Å². The summed E-state index contributed by atoms with van der Waals surface area (Å²) < 4.78 is 38.3. The highest BCUT2D eigenvalue weighted by Crippen LogP contribution is 2.21. The first-order valence-electron chi connectivity index (χ1n) is 7.44. The molecule has 0 bridgehead atoms. The number of carbonyl (C=O) groups is 2. The number of halogens is 3. The van der Waals surface area contributed by atoms with Crippen LogP contribution >= 0.6 is 0 Å². The van der Waals surface area contributed by atoms with E-state index >= 15 is 0 Å². The molecule has 1 saturated heterocycles. The maximum Gasteiger partial charge on any atom is 0.406 e. The van der Waals surface area contributed by atoms with Crippen LogP contribution in [0.5, 0.6) is 0 Å². The number of nitrogens with zero attached hydrogens (tertiary/aromatic N) is 2. The van der Waals surface area contributed by atoms with Gasteiger partial charge in [0.05, 0.1) is 0 Å². The van der Waals surface area contributed by atoms with Crippen LogP contribution in [0.3, 0.4) is 0 Å². The van der Waals surface area contributed by atoms with E-state index in [9.17, 15) is 22.8 Å². The second-order valence-electron chi connectivity index (χ2n) is 5.76. The Labute approximate surface area is 132 Å². The van der Waals surface area contributed by atoms with Crippen molar-refractivity contribution in [3.63, 3.8) is 0 Å². The number of amides is 2. The van der Waals surface area contributed by atoms with Gasteiger partial charge in [-0.3, -0.25) is 9.59 Å². The molecule has 7 heteroatoms. The number of carbonyl (C=O) groups excluding carboxylic acids is 2. The van der Waals surface area contributed by atoms with E-state index in [2.05, 4.69) is 0 Å². The summed E-state index contributed by atoms with van der Waals surface area (Å²) in [4.78, 5) is 26.1. The Bertz CT molecular complexity index is 560. The van der Waals surface area contributed by atoms with Gasteiger partial charge in [-0.05, 0) is 18.9 Å². The standard InChI is InChI=1S/C16H19F3N2O2/c1-12-7-8-14(22)21(12)10-15(23)20(11-16(17,18)19)9-13-5-3-2-4-6-13/h2-6,12H,7-11H2,1H3/t12-/m0/s1. The van der Waals surface area contributed by atoms with Gasteiger partial charge in [0.1, 0.15) is 13.1 Å². The minimum atomic E-state index is -4.48. The Kier molecular flexibility index (Phi) is 5.28. The van der Waals surface area contributed by atoms with Crippen LogP contribution < -0.4 is 0 Å². The molecule has 0 aromatic heterocycles.